The molecule has 3 rings (SSSR count). The van der Waals surface area contributed by atoms with Gasteiger partial charge in [-0.15, -0.1) is 10.2 Å². The first-order valence-electron chi connectivity index (χ1n) is 7.20. The van der Waals surface area contributed by atoms with Crippen molar-refractivity contribution in [3.63, 3.8) is 0 Å². The van der Waals surface area contributed by atoms with Gasteiger partial charge >= 0.3 is 0 Å². The molecule has 0 radical (unpaired) electrons. The molecule has 0 atom stereocenters. The maximum absolute atomic E-state index is 12.2. The highest BCUT2D eigenvalue weighted by Gasteiger charge is 2.17. The van der Waals surface area contributed by atoms with E-state index in [1.54, 1.807) is 12.1 Å². The van der Waals surface area contributed by atoms with Gasteiger partial charge in [0, 0.05) is 12.6 Å². The Kier molecular flexibility index (Phi) is 5.46. The van der Waals surface area contributed by atoms with Gasteiger partial charge in [-0.2, -0.15) is 0 Å². The second-order valence-electron chi connectivity index (χ2n) is 4.62. The van der Waals surface area contributed by atoms with Crippen molar-refractivity contribution in [2.45, 2.75) is 11.3 Å². The zero-order valence-corrected chi connectivity index (χ0v) is 14.6. The normalized spacial score (nSPS) is 10.6. The Morgan fingerprint density at radius 3 is 2.96 bits per heavy atom. The molecule has 3 heterocycles. The zero-order chi connectivity index (χ0) is 17.6. The Labute approximate surface area is 150 Å². The van der Waals surface area contributed by atoms with Crippen LogP contribution in [0.2, 0.25) is 0 Å². The van der Waals surface area contributed by atoms with Gasteiger partial charge in [-0.1, -0.05) is 28.3 Å². The summed E-state index contributed by atoms with van der Waals surface area (Å²) in [4.78, 5) is 23.6. The van der Waals surface area contributed by atoms with Crippen LogP contribution >= 0.6 is 23.1 Å². The molecule has 0 bridgehead atoms. The number of furan rings is 1. The molecule has 0 aliphatic heterocycles. The first-order valence-corrected chi connectivity index (χ1v) is 9.01. The van der Waals surface area contributed by atoms with Gasteiger partial charge < -0.3 is 14.3 Å². The smallest absolute Gasteiger partial charge is 0.279 e. The summed E-state index contributed by atoms with van der Waals surface area (Å²) in [5.41, 5.74) is 0.0955. The van der Waals surface area contributed by atoms with Crippen LogP contribution in [0.1, 0.15) is 17.4 Å². The molecule has 11 heteroatoms. The van der Waals surface area contributed by atoms with Crippen molar-refractivity contribution in [1.29, 1.82) is 0 Å². The number of rotatable bonds is 7. The summed E-state index contributed by atoms with van der Waals surface area (Å²) in [7, 11) is 0. The van der Waals surface area contributed by atoms with Crippen LogP contribution in [0.5, 0.6) is 0 Å². The Morgan fingerprint density at radius 1 is 1.32 bits per heavy atom. The predicted octanol–water partition coefficient (Wildman–Crippen LogP) is 2.27. The van der Waals surface area contributed by atoms with Crippen molar-refractivity contribution in [3.05, 3.63) is 30.2 Å². The summed E-state index contributed by atoms with van der Waals surface area (Å²) < 4.78 is 10.8. The lowest BCUT2D eigenvalue weighted by atomic mass is 10.3. The van der Waals surface area contributed by atoms with Gasteiger partial charge in [0.2, 0.25) is 16.8 Å². The summed E-state index contributed by atoms with van der Waals surface area (Å²) in [6.45, 7) is 2.43. The lowest BCUT2D eigenvalue weighted by Gasteiger charge is -1.98. The molecule has 25 heavy (non-hydrogen) atoms. The second kappa shape index (κ2) is 7.94. The summed E-state index contributed by atoms with van der Waals surface area (Å²) in [6.07, 6.45) is 1.50. The van der Waals surface area contributed by atoms with Crippen LogP contribution in [0.4, 0.5) is 5.13 Å². The van der Waals surface area contributed by atoms with Crippen LogP contribution in [0.3, 0.4) is 0 Å². The molecular formula is C14H13N5O4S2. The molecule has 0 aromatic carbocycles. The van der Waals surface area contributed by atoms with Gasteiger partial charge in [-0.05, 0) is 19.1 Å². The van der Waals surface area contributed by atoms with Crippen molar-refractivity contribution >= 4 is 40.0 Å². The van der Waals surface area contributed by atoms with E-state index in [0.717, 1.165) is 0 Å². The van der Waals surface area contributed by atoms with Crippen molar-refractivity contribution < 1.29 is 18.5 Å². The molecule has 0 saturated heterocycles. The van der Waals surface area contributed by atoms with Crippen LogP contribution in [0.25, 0.3) is 11.5 Å². The molecular weight excluding hydrogens is 366 g/mol. The summed E-state index contributed by atoms with van der Waals surface area (Å²) in [6, 6.07) is 4.88. The average Bonchev–Trinajstić information content (AvgIpc) is 3.33. The minimum atomic E-state index is -0.474. The van der Waals surface area contributed by atoms with Crippen molar-refractivity contribution in [1.82, 2.24) is 20.7 Å². The molecule has 0 aliphatic carbocycles. The van der Waals surface area contributed by atoms with E-state index in [0.29, 0.717) is 27.5 Å². The van der Waals surface area contributed by atoms with E-state index >= 15 is 0 Å². The monoisotopic (exact) mass is 379 g/mol. The van der Waals surface area contributed by atoms with Crippen molar-refractivity contribution in [2.24, 2.45) is 0 Å². The fraction of sp³-hybridized carbons (Fsp3) is 0.214. The molecule has 0 saturated carbocycles. The highest BCUT2D eigenvalue weighted by Crippen LogP contribution is 2.26. The van der Waals surface area contributed by atoms with E-state index in [1.165, 1.54) is 35.4 Å². The molecule has 3 aromatic heterocycles. The van der Waals surface area contributed by atoms with Gasteiger partial charge in [0.15, 0.2) is 15.8 Å². The van der Waals surface area contributed by atoms with E-state index in [4.69, 9.17) is 8.94 Å². The second-order valence-corrected chi connectivity index (χ2v) is 6.82. The number of hydrogen-bond donors (Lipinski definition) is 2. The maximum Gasteiger partial charge on any atom is 0.279 e. The fourth-order valence-electron chi connectivity index (χ4n) is 1.77. The molecule has 130 valence electrons. The average molecular weight is 379 g/mol. The number of aromatic nitrogens is 3. The minimum Gasteiger partial charge on any atom is -0.461 e. The lowest BCUT2D eigenvalue weighted by Crippen LogP contribution is -2.24. The van der Waals surface area contributed by atoms with Crippen LogP contribution in [-0.4, -0.2) is 39.5 Å². The third kappa shape index (κ3) is 4.45. The molecule has 9 nitrogen and oxygen atoms in total. The third-order valence-corrected chi connectivity index (χ3v) is 4.81. The molecule has 0 aliphatic rings. The topological polar surface area (TPSA) is 123 Å². The quantitative estimate of drug-likeness (QED) is 0.473. The predicted molar refractivity (Wildman–Crippen MR) is 91.5 cm³/mol. The molecule has 2 N–H and O–H groups in total. The maximum atomic E-state index is 12.2. The zero-order valence-electron chi connectivity index (χ0n) is 13.0. The lowest BCUT2D eigenvalue weighted by molar-refractivity contribution is -0.118. The van der Waals surface area contributed by atoms with E-state index in [2.05, 4.69) is 26.0 Å². The fourth-order valence-corrected chi connectivity index (χ4v) is 3.35. The van der Waals surface area contributed by atoms with Gasteiger partial charge in [0.05, 0.1) is 12.0 Å². The van der Waals surface area contributed by atoms with E-state index in [9.17, 15) is 9.59 Å². The number of nitrogens with zero attached hydrogens (tertiary/aromatic N) is 3. The number of anilines is 1. The SMILES string of the molecule is CCNC(=O)CSc1nnc(NC(=O)c2cc(-c3ccco3)on2)s1. The summed E-state index contributed by atoms with van der Waals surface area (Å²) in [5.74, 6) is 0.517. The van der Waals surface area contributed by atoms with Crippen molar-refractivity contribution in [2.75, 3.05) is 17.6 Å². The molecule has 0 fully saturated rings. The molecule has 2 amide bonds. The van der Waals surface area contributed by atoms with E-state index in [-0.39, 0.29) is 17.4 Å². The summed E-state index contributed by atoms with van der Waals surface area (Å²) >= 11 is 2.42. The Balaban J connectivity index is 1.57. The van der Waals surface area contributed by atoms with Crippen LogP contribution in [0.15, 0.2) is 37.7 Å². The van der Waals surface area contributed by atoms with Gasteiger partial charge in [-0.3, -0.25) is 14.9 Å². The van der Waals surface area contributed by atoms with E-state index in [1.807, 2.05) is 6.92 Å². The Bertz CT molecular complexity index is 858. The first-order chi connectivity index (χ1) is 12.2. The largest absolute Gasteiger partial charge is 0.461 e. The standard InChI is InChI=1S/C14H13N5O4S2/c1-2-15-11(20)7-24-14-18-17-13(25-14)16-12(21)8-6-10(23-19-8)9-4-3-5-22-9/h3-6H,2,7H2,1H3,(H,15,20)(H,16,17,21). The van der Waals surface area contributed by atoms with Crippen LogP contribution in [-0.2, 0) is 4.79 Å². The van der Waals surface area contributed by atoms with Gasteiger partial charge in [0.25, 0.3) is 5.91 Å². The number of carbonyl (C=O) groups is 2. The number of hydrogen-bond acceptors (Lipinski definition) is 9. The first kappa shape index (κ1) is 17.2. The highest BCUT2D eigenvalue weighted by atomic mass is 32.2. The third-order valence-electron chi connectivity index (χ3n) is 2.83. The van der Waals surface area contributed by atoms with E-state index < -0.39 is 5.91 Å². The van der Waals surface area contributed by atoms with Crippen LogP contribution in [0, 0.1) is 0 Å². The number of thioether (sulfide) groups is 1. The molecule has 0 spiro atoms. The molecule has 3 aromatic rings. The minimum absolute atomic E-state index is 0.0821. The van der Waals surface area contributed by atoms with Crippen LogP contribution < -0.4 is 10.6 Å². The van der Waals surface area contributed by atoms with Crippen molar-refractivity contribution in [3.8, 4) is 11.5 Å². The number of carbonyl (C=O) groups excluding carboxylic acids is 2. The van der Waals surface area contributed by atoms with Gasteiger partial charge in [0.1, 0.15) is 0 Å². The summed E-state index contributed by atoms with van der Waals surface area (Å²) in [5, 5.41) is 17.1. The number of nitrogens with one attached hydrogen (secondary N) is 2. The van der Waals surface area contributed by atoms with Gasteiger partial charge in [-0.25, -0.2) is 0 Å². The highest BCUT2D eigenvalue weighted by molar-refractivity contribution is 8.01. The Morgan fingerprint density at radius 2 is 2.20 bits per heavy atom. The Hall–Kier alpha value is -2.66. The number of amides is 2. The molecule has 0 unspecified atom stereocenters.